The van der Waals surface area contributed by atoms with Crippen LogP contribution in [0.25, 0.3) is 0 Å². The molecule has 1 aromatic carbocycles. The van der Waals surface area contributed by atoms with E-state index in [4.69, 9.17) is 5.26 Å². The van der Waals surface area contributed by atoms with Crippen LogP contribution in [0.5, 0.6) is 0 Å². The highest BCUT2D eigenvalue weighted by atomic mass is 32.2. The Morgan fingerprint density at radius 1 is 1.23 bits per heavy atom. The van der Waals surface area contributed by atoms with Crippen molar-refractivity contribution < 1.29 is 13.2 Å². The number of hydrogen-bond donors (Lipinski definition) is 1. The van der Waals surface area contributed by atoms with Crippen molar-refractivity contribution >= 4 is 15.7 Å². The molecule has 1 aliphatic rings. The van der Waals surface area contributed by atoms with E-state index in [0.29, 0.717) is 23.6 Å². The summed E-state index contributed by atoms with van der Waals surface area (Å²) in [6.45, 7) is 5.70. The summed E-state index contributed by atoms with van der Waals surface area (Å²) < 4.78 is 24.4. The van der Waals surface area contributed by atoms with E-state index >= 15 is 0 Å². The molecule has 0 spiro atoms. The molecule has 0 saturated carbocycles. The molecule has 7 heteroatoms. The normalized spacial score (nSPS) is 16.6. The van der Waals surface area contributed by atoms with Gasteiger partial charge in [-0.15, -0.1) is 0 Å². The lowest BCUT2D eigenvalue weighted by molar-refractivity contribution is -0.118. The third-order valence-electron chi connectivity index (χ3n) is 4.49. The van der Waals surface area contributed by atoms with E-state index in [1.54, 1.807) is 24.3 Å². The van der Waals surface area contributed by atoms with Crippen LogP contribution in [0.2, 0.25) is 0 Å². The van der Waals surface area contributed by atoms with Crippen molar-refractivity contribution in [2.24, 2.45) is 5.92 Å². The summed E-state index contributed by atoms with van der Waals surface area (Å²) in [5.74, 6) is -0.874. The number of sulfone groups is 1. The fourth-order valence-corrected chi connectivity index (χ4v) is 4.47. The second kappa shape index (κ2) is 9.70. The number of carbonyl (C=O) groups excluding carboxylic acids is 1. The van der Waals surface area contributed by atoms with Crippen LogP contribution >= 0.6 is 0 Å². The van der Waals surface area contributed by atoms with E-state index in [0.717, 1.165) is 19.6 Å². The van der Waals surface area contributed by atoms with Gasteiger partial charge in [-0.2, -0.15) is 5.26 Å². The zero-order valence-electron chi connectivity index (χ0n) is 15.3. The van der Waals surface area contributed by atoms with E-state index in [1.807, 2.05) is 6.07 Å². The smallest absolute Gasteiger partial charge is 0.235 e. The lowest BCUT2D eigenvalue weighted by atomic mass is 10.1. The Bertz CT molecular complexity index is 732. The van der Waals surface area contributed by atoms with Crippen LogP contribution in [0.4, 0.5) is 0 Å². The molecular formula is C19H27N3O3S. The first kappa shape index (κ1) is 20.4. The van der Waals surface area contributed by atoms with Crippen LogP contribution in [0.1, 0.15) is 37.3 Å². The van der Waals surface area contributed by atoms with Gasteiger partial charge in [0.15, 0.2) is 9.84 Å². The monoisotopic (exact) mass is 377 g/mol. The van der Waals surface area contributed by atoms with E-state index in [-0.39, 0.29) is 5.75 Å². The molecule has 0 aromatic heterocycles. The van der Waals surface area contributed by atoms with Crippen molar-refractivity contribution in [2.45, 2.75) is 31.9 Å². The van der Waals surface area contributed by atoms with Gasteiger partial charge < -0.3 is 10.2 Å². The third kappa shape index (κ3) is 7.14. The van der Waals surface area contributed by atoms with Gasteiger partial charge in [0.2, 0.25) is 5.91 Å². The molecule has 1 N–H and O–H groups in total. The minimum atomic E-state index is -3.53. The Balaban J connectivity index is 1.75. The van der Waals surface area contributed by atoms with Gasteiger partial charge >= 0.3 is 0 Å². The van der Waals surface area contributed by atoms with E-state index in [1.165, 1.54) is 19.3 Å². The summed E-state index contributed by atoms with van der Waals surface area (Å²) in [7, 11) is -3.53. The second-order valence-corrected chi connectivity index (χ2v) is 9.18. The standard InChI is InChI=1S/C19H27N3O3S/c1-16(13-22-9-3-2-4-10-22)12-21-19(23)15-26(24,25)14-18-7-5-17(11-20)6-8-18/h5-8,16H,2-4,9-10,12-15H2,1H3,(H,21,23). The predicted octanol–water partition coefficient (Wildman–Crippen LogP) is 1.71. The summed E-state index contributed by atoms with van der Waals surface area (Å²) in [5.41, 5.74) is 1.06. The summed E-state index contributed by atoms with van der Waals surface area (Å²) in [4.78, 5) is 14.4. The number of nitrogens with one attached hydrogen (secondary N) is 1. The highest BCUT2D eigenvalue weighted by Crippen LogP contribution is 2.11. The van der Waals surface area contributed by atoms with Gasteiger partial charge in [-0.1, -0.05) is 25.5 Å². The number of benzene rings is 1. The van der Waals surface area contributed by atoms with Crippen molar-refractivity contribution in [3.05, 3.63) is 35.4 Å². The van der Waals surface area contributed by atoms with Gasteiger partial charge in [-0.25, -0.2) is 8.42 Å². The SMILES string of the molecule is CC(CNC(=O)CS(=O)(=O)Cc1ccc(C#N)cc1)CN1CCCCC1. The first-order valence-corrected chi connectivity index (χ1v) is 10.9. The van der Waals surface area contributed by atoms with Crippen molar-refractivity contribution in [3.63, 3.8) is 0 Å². The minimum absolute atomic E-state index is 0.199. The van der Waals surface area contributed by atoms with Gasteiger partial charge in [-0.05, 0) is 49.5 Å². The maximum absolute atomic E-state index is 12.2. The van der Waals surface area contributed by atoms with Crippen LogP contribution in [0, 0.1) is 17.2 Å². The molecule has 1 unspecified atom stereocenters. The average molecular weight is 378 g/mol. The highest BCUT2D eigenvalue weighted by Gasteiger charge is 2.19. The van der Waals surface area contributed by atoms with Crippen LogP contribution in [-0.2, 0) is 20.4 Å². The Morgan fingerprint density at radius 3 is 2.50 bits per heavy atom. The maximum Gasteiger partial charge on any atom is 0.235 e. The van der Waals surface area contributed by atoms with Gasteiger partial charge in [0, 0.05) is 13.1 Å². The number of nitrogens with zero attached hydrogens (tertiary/aromatic N) is 2. The van der Waals surface area contributed by atoms with Crippen molar-refractivity contribution in [1.82, 2.24) is 10.2 Å². The van der Waals surface area contributed by atoms with E-state index in [9.17, 15) is 13.2 Å². The Hall–Kier alpha value is -1.91. The number of piperidine rings is 1. The molecule has 142 valence electrons. The Labute approximate surface area is 156 Å². The third-order valence-corrected chi connectivity index (χ3v) is 5.96. The molecule has 1 aromatic rings. The molecule has 0 bridgehead atoms. The predicted molar refractivity (Wildman–Crippen MR) is 101 cm³/mol. The van der Waals surface area contributed by atoms with Gasteiger partial charge in [0.1, 0.15) is 5.75 Å². The molecular weight excluding hydrogens is 350 g/mol. The quantitative estimate of drug-likeness (QED) is 0.745. The van der Waals surface area contributed by atoms with Crippen molar-refractivity contribution in [2.75, 3.05) is 31.9 Å². The Kier molecular flexibility index (Phi) is 7.61. The molecule has 1 atom stereocenters. The van der Waals surface area contributed by atoms with E-state index < -0.39 is 21.5 Å². The largest absolute Gasteiger partial charge is 0.355 e. The number of carbonyl (C=O) groups is 1. The molecule has 2 rings (SSSR count). The highest BCUT2D eigenvalue weighted by molar-refractivity contribution is 7.91. The first-order valence-electron chi connectivity index (χ1n) is 9.06. The van der Waals surface area contributed by atoms with Crippen molar-refractivity contribution in [3.8, 4) is 6.07 Å². The molecule has 26 heavy (non-hydrogen) atoms. The molecule has 1 aliphatic heterocycles. The summed E-state index contributed by atoms with van der Waals surface area (Å²) in [6.07, 6.45) is 3.75. The second-order valence-electron chi connectivity index (χ2n) is 7.11. The number of hydrogen-bond acceptors (Lipinski definition) is 5. The molecule has 0 aliphatic carbocycles. The zero-order valence-corrected chi connectivity index (χ0v) is 16.1. The first-order chi connectivity index (χ1) is 12.4. The molecule has 0 radical (unpaired) electrons. The number of rotatable bonds is 8. The summed E-state index contributed by atoms with van der Waals surface area (Å²) in [5, 5.41) is 11.5. The average Bonchev–Trinajstić information content (AvgIpc) is 2.61. The van der Waals surface area contributed by atoms with Crippen molar-refractivity contribution in [1.29, 1.82) is 5.26 Å². The van der Waals surface area contributed by atoms with Crippen LogP contribution in [-0.4, -0.2) is 51.2 Å². The molecule has 1 saturated heterocycles. The number of amides is 1. The fraction of sp³-hybridized carbons (Fsp3) is 0.579. The zero-order chi connectivity index (χ0) is 19.0. The lowest BCUT2D eigenvalue weighted by Gasteiger charge is -2.29. The maximum atomic E-state index is 12.2. The molecule has 1 fully saturated rings. The Morgan fingerprint density at radius 2 is 1.88 bits per heavy atom. The van der Waals surface area contributed by atoms with Gasteiger partial charge in [0.25, 0.3) is 0 Å². The van der Waals surface area contributed by atoms with Gasteiger partial charge in [0.05, 0.1) is 17.4 Å². The van der Waals surface area contributed by atoms with Crippen LogP contribution < -0.4 is 5.32 Å². The van der Waals surface area contributed by atoms with E-state index in [2.05, 4.69) is 17.1 Å². The molecule has 1 amide bonds. The fourth-order valence-electron chi connectivity index (χ4n) is 3.17. The lowest BCUT2D eigenvalue weighted by Crippen LogP contribution is -2.39. The van der Waals surface area contributed by atoms with Gasteiger partial charge in [-0.3, -0.25) is 4.79 Å². The molecule has 6 nitrogen and oxygen atoms in total. The van der Waals surface area contributed by atoms with Crippen LogP contribution in [0.15, 0.2) is 24.3 Å². The molecule has 1 heterocycles. The minimum Gasteiger partial charge on any atom is -0.355 e. The number of likely N-dealkylation sites (tertiary alicyclic amines) is 1. The summed E-state index contributed by atoms with van der Waals surface area (Å²) in [6, 6.07) is 8.35. The number of nitriles is 1. The topological polar surface area (TPSA) is 90.3 Å². The summed E-state index contributed by atoms with van der Waals surface area (Å²) >= 11 is 0. The van der Waals surface area contributed by atoms with Crippen LogP contribution in [0.3, 0.4) is 0 Å².